The molecule has 1 aromatic carbocycles. The summed E-state index contributed by atoms with van der Waals surface area (Å²) in [5.41, 5.74) is 1.36. The lowest BCUT2D eigenvalue weighted by Crippen LogP contribution is -2.45. The fourth-order valence-electron chi connectivity index (χ4n) is 3.23. The van der Waals surface area contributed by atoms with Crippen LogP contribution < -0.4 is 0 Å². The Balaban J connectivity index is 1.59. The highest BCUT2D eigenvalue weighted by molar-refractivity contribution is 5.76. The number of piperidine rings is 1. The van der Waals surface area contributed by atoms with E-state index >= 15 is 0 Å². The molecular formula is C18H23N3O. The minimum atomic E-state index is 0.218. The highest BCUT2D eigenvalue weighted by Gasteiger charge is 2.26. The Bertz CT molecular complexity index is 580. The molecule has 1 unspecified atom stereocenters. The maximum atomic E-state index is 12.6. The minimum Gasteiger partial charge on any atom is -0.338 e. The van der Waals surface area contributed by atoms with Crippen LogP contribution in [0.2, 0.25) is 0 Å². The van der Waals surface area contributed by atoms with Crippen molar-refractivity contribution in [2.75, 3.05) is 6.54 Å². The second-order valence-corrected chi connectivity index (χ2v) is 6.00. The van der Waals surface area contributed by atoms with Crippen LogP contribution in [0.3, 0.4) is 0 Å². The van der Waals surface area contributed by atoms with Crippen molar-refractivity contribution < 1.29 is 4.79 Å². The third-order valence-electron chi connectivity index (χ3n) is 4.43. The van der Waals surface area contributed by atoms with Crippen LogP contribution in [-0.4, -0.2) is 32.9 Å². The van der Waals surface area contributed by atoms with E-state index in [9.17, 15) is 4.79 Å². The topological polar surface area (TPSA) is 38.1 Å². The van der Waals surface area contributed by atoms with Crippen molar-refractivity contribution in [1.29, 1.82) is 0 Å². The van der Waals surface area contributed by atoms with Gasteiger partial charge in [0, 0.05) is 25.0 Å². The number of hydrogen-bond acceptors (Lipinski definition) is 2. The first-order chi connectivity index (χ1) is 10.8. The quantitative estimate of drug-likeness (QED) is 0.851. The number of aryl methyl sites for hydroxylation is 1. The predicted molar refractivity (Wildman–Crippen MR) is 86.3 cm³/mol. The van der Waals surface area contributed by atoms with Gasteiger partial charge in [-0.3, -0.25) is 4.79 Å². The maximum Gasteiger partial charge on any atom is 0.242 e. The Morgan fingerprint density at radius 3 is 2.86 bits per heavy atom. The van der Waals surface area contributed by atoms with Gasteiger partial charge in [0.25, 0.3) is 0 Å². The zero-order valence-corrected chi connectivity index (χ0v) is 12.9. The molecule has 1 saturated heterocycles. The second kappa shape index (κ2) is 7.25. The van der Waals surface area contributed by atoms with Gasteiger partial charge in [-0.25, -0.2) is 4.98 Å². The molecule has 1 fully saturated rings. The summed E-state index contributed by atoms with van der Waals surface area (Å²) < 4.78 is 1.85. The summed E-state index contributed by atoms with van der Waals surface area (Å²) >= 11 is 0. The molecule has 1 atom stereocenters. The Hall–Kier alpha value is -2.10. The predicted octanol–water partition coefficient (Wildman–Crippen LogP) is 2.90. The molecule has 22 heavy (non-hydrogen) atoms. The largest absolute Gasteiger partial charge is 0.338 e. The lowest BCUT2D eigenvalue weighted by molar-refractivity contribution is -0.135. The molecule has 0 radical (unpaired) electrons. The van der Waals surface area contributed by atoms with Crippen LogP contribution in [0.25, 0.3) is 0 Å². The molecule has 0 aliphatic carbocycles. The normalized spacial score (nSPS) is 18.4. The first-order valence-corrected chi connectivity index (χ1v) is 8.12. The molecule has 1 amide bonds. The molecule has 2 aromatic rings. The summed E-state index contributed by atoms with van der Waals surface area (Å²) in [7, 11) is 0. The van der Waals surface area contributed by atoms with Gasteiger partial charge in [-0.05, 0) is 37.7 Å². The van der Waals surface area contributed by atoms with Crippen LogP contribution in [0.5, 0.6) is 0 Å². The molecule has 4 nitrogen and oxygen atoms in total. The number of amides is 1. The molecule has 4 heteroatoms. The van der Waals surface area contributed by atoms with Gasteiger partial charge in [0.1, 0.15) is 6.54 Å². The van der Waals surface area contributed by atoms with Gasteiger partial charge >= 0.3 is 0 Å². The standard InChI is InChI=1S/C18H23N3O/c22-18(14-20-13-11-19-15-20)21-12-5-4-8-17(21)10-9-16-6-2-1-3-7-16/h1-3,6-7,11,13,15,17H,4-5,8-10,12,14H2. The van der Waals surface area contributed by atoms with Crippen LogP contribution in [0, 0.1) is 0 Å². The zero-order chi connectivity index (χ0) is 15.2. The van der Waals surface area contributed by atoms with Crippen molar-refractivity contribution in [3.05, 3.63) is 54.6 Å². The number of hydrogen-bond donors (Lipinski definition) is 0. The molecule has 3 rings (SSSR count). The first-order valence-electron chi connectivity index (χ1n) is 8.12. The average molecular weight is 297 g/mol. The van der Waals surface area contributed by atoms with E-state index in [1.807, 2.05) is 16.8 Å². The van der Waals surface area contributed by atoms with Gasteiger partial charge in [0.05, 0.1) is 6.33 Å². The van der Waals surface area contributed by atoms with Gasteiger partial charge < -0.3 is 9.47 Å². The van der Waals surface area contributed by atoms with Crippen molar-refractivity contribution in [3.63, 3.8) is 0 Å². The van der Waals surface area contributed by atoms with Crippen molar-refractivity contribution in [3.8, 4) is 0 Å². The SMILES string of the molecule is O=C(Cn1ccnc1)N1CCCCC1CCc1ccccc1. The summed E-state index contributed by atoms with van der Waals surface area (Å²) in [6, 6.07) is 10.9. The number of nitrogens with zero attached hydrogens (tertiary/aromatic N) is 3. The zero-order valence-electron chi connectivity index (χ0n) is 12.9. The van der Waals surface area contributed by atoms with Crippen LogP contribution in [0.4, 0.5) is 0 Å². The number of rotatable bonds is 5. The Morgan fingerprint density at radius 1 is 1.23 bits per heavy atom. The Morgan fingerprint density at radius 2 is 2.09 bits per heavy atom. The molecule has 1 aliphatic rings. The number of aromatic nitrogens is 2. The molecule has 0 bridgehead atoms. The third-order valence-corrected chi connectivity index (χ3v) is 4.43. The van der Waals surface area contributed by atoms with E-state index in [1.54, 1.807) is 12.5 Å². The summed E-state index contributed by atoms with van der Waals surface area (Å²) in [4.78, 5) is 18.7. The van der Waals surface area contributed by atoms with Crippen LogP contribution in [0.1, 0.15) is 31.2 Å². The molecule has 0 spiro atoms. The van der Waals surface area contributed by atoms with Crippen LogP contribution in [0.15, 0.2) is 49.1 Å². The number of benzene rings is 1. The second-order valence-electron chi connectivity index (χ2n) is 6.00. The molecule has 1 aliphatic heterocycles. The Kier molecular flexibility index (Phi) is 4.88. The fourth-order valence-corrected chi connectivity index (χ4v) is 3.23. The number of imidazole rings is 1. The maximum absolute atomic E-state index is 12.6. The van der Waals surface area contributed by atoms with Crippen molar-refractivity contribution in [2.24, 2.45) is 0 Å². The van der Waals surface area contributed by atoms with E-state index in [4.69, 9.17) is 0 Å². The van der Waals surface area contributed by atoms with Gasteiger partial charge in [-0.15, -0.1) is 0 Å². The van der Waals surface area contributed by atoms with Gasteiger partial charge in [0.15, 0.2) is 0 Å². The summed E-state index contributed by atoms with van der Waals surface area (Å²) in [6.07, 6.45) is 10.9. The van der Waals surface area contributed by atoms with E-state index in [2.05, 4.69) is 34.1 Å². The van der Waals surface area contributed by atoms with Crippen LogP contribution in [-0.2, 0) is 17.8 Å². The van der Waals surface area contributed by atoms with Gasteiger partial charge in [0.2, 0.25) is 5.91 Å². The molecule has 0 N–H and O–H groups in total. The van der Waals surface area contributed by atoms with Crippen molar-refractivity contribution >= 4 is 5.91 Å². The van der Waals surface area contributed by atoms with E-state index in [1.165, 1.54) is 12.0 Å². The van der Waals surface area contributed by atoms with Crippen LogP contribution >= 0.6 is 0 Å². The number of carbonyl (C=O) groups excluding carboxylic acids is 1. The fraction of sp³-hybridized carbons (Fsp3) is 0.444. The van der Waals surface area contributed by atoms with Gasteiger partial charge in [-0.1, -0.05) is 30.3 Å². The summed E-state index contributed by atoms with van der Waals surface area (Å²) in [5.74, 6) is 0.218. The average Bonchev–Trinajstić information content (AvgIpc) is 3.07. The van der Waals surface area contributed by atoms with E-state index in [0.29, 0.717) is 12.6 Å². The number of carbonyl (C=O) groups is 1. The van der Waals surface area contributed by atoms with E-state index < -0.39 is 0 Å². The molecule has 2 heterocycles. The summed E-state index contributed by atoms with van der Waals surface area (Å²) in [5, 5.41) is 0. The summed E-state index contributed by atoms with van der Waals surface area (Å²) in [6.45, 7) is 1.30. The highest BCUT2D eigenvalue weighted by atomic mass is 16.2. The molecular weight excluding hydrogens is 274 g/mol. The first kappa shape index (κ1) is 14.8. The lowest BCUT2D eigenvalue weighted by Gasteiger charge is -2.36. The Labute approximate surface area is 131 Å². The smallest absolute Gasteiger partial charge is 0.242 e. The highest BCUT2D eigenvalue weighted by Crippen LogP contribution is 2.22. The molecule has 1 aromatic heterocycles. The molecule has 0 saturated carbocycles. The van der Waals surface area contributed by atoms with E-state index in [0.717, 1.165) is 32.2 Å². The third kappa shape index (κ3) is 3.75. The van der Waals surface area contributed by atoms with Crippen molar-refractivity contribution in [1.82, 2.24) is 14.5 Å². The lowest BCUT2D eigenvalue weighted by atomic mass is 9.95. The van der Waals surface area contributed by atoms with E-state index in [-0.39, 0.29) is 5.91 Å². The monoisotopic (exact) mass is 297 g/mol. The minimum absolute atomic E-state index is 0.218. The number of likely N-dealkylation sites (tertiary alicyclic amines) is 1. The van der Waals surface area contributed by atoms with Gasteiger partial charge in [-0.2, -0.15) is 0 Å². The van der Waals surface area contributed by atoms with Crippen molar-refractivity contribution in [2.45, 2.75) is 44.7 Å². The molecule has 116 valence electrons.